The quantitative estimate of drug-likeness (QED) is 0.487. The minimum absolute atomic E-state index is 0.00366. The van der Waals surface area contributed by atoms with Gasteiger partial charge in [-0.3, -0.25) is 10.0 Å². The van der Waals surface area contributed by atoms with E-state index in [-0.39, 0.29) is 6.04 Å². The van der Waals surface area contributed by atoms with Crippen LogP contribution in [0.5, 0.6) is 0 Å². The number of hydrogen-bond acceptors (Lipinski definition) is 4. The molecule has 0 aromatic rings. The maximum absolute atomic E-state index is 10.3. The summed E-state index contributed by atoms with van der Waals surface area (Å²) in [6.07, 6.45) is 0.871. The molecule has 6 heteroatoms. The van der Waals surface area contributed by atoms with Crippen LogP contribution in [0.3, 0.4) is 0 Å². The minimum Gasteiger partial charge on any atom is -0.259 e. The third kappa shape index (κ3) is 2.13. The highest BCUT2D eigenvalue weighted by Gasteiger charge is 2.29. The molecule has 0 spiro atoms. The summed E-state index contributed by atoms with van der Waals surface area (Å²) in [4.78, 5) is 20.6. The first-order valence-electron chi connectivity index (χ1n) is 4.33. The molecule has 13 heavy (non-hydrogen) atoms. The van der Waals surface area contributed by atoms with E-state index in [0.717, 1.165) is 6.42 Å². The Morgan fingerprint density at radius 3 is 2.69 bits per heavy atom. The van der Waals surface area contributed by atoms with Crippen LogP contribution in [0.2, 0.25) is 0 Å². The van der Waals surface area contributed by atoms with E-state index in [0.29, 0.717) is 19.0 Å². The van der Waals surface area contributed by atoms with Gasteiger partial charge in [0.05, 0.1) is 23.2 Å². The monoisotopic (exact) mass is 186 g/mol. The fraction of sp³-hybridized carbons (Fsp3) is 1.00. The zero-order chi connectivity index (χ0) is 9.84. The lowest BCUT2D eigenvalue weighted by Gasteiger charge is -2.36. The topological polar surface area (TPSA) is 65.3 Å². The average molecular weight is 186 g/mol. The SMILES string of the molecule is C[C@@H]1CCN(N=O)C[C@@H]1N(C)N=O. The molecule has 0 unspecified atom stereocenters. The molecule has 1 fully saturated rings. The molecule has 0 N–H and O–H groups in total. The molecular formula is C7H14N4O2. The third-order valence-electron chi connectivity index (χ3n) is 2.62. The Hall–Kier alpha value is -1.20. The number of rotatable bonds is 3. The first-order chi connectivity index (χ1) is 6.19. The molecular weight excluding hydrogens is 172 g/mol. The highest BCUT2D eigenvalue weighted by molar-refractivity contribution is 4.81. The van der Waals surface area contributed by atoms with Gasteiger partial charge in [-0.25, -0.2) is 0 Å². The summed E-state index contributed by atoms with van der Waals surface area (Å²) in [6, 6.07) is 0.00366. The zero-order valence-corrected chi connectivity index (χ0v) is 7.88. The van der Waals surface area contributed by atoms with Crippen LogP contribution in [0.25, 0.3) is 0 Å². The molecule has 0 amide bonds. The Kier molecular flexibility index (Phi) is 3.16. The van der Waals surface area contributed by atoms with Crippen molar-refractivity contribution in [2.45, 2.75) is 19.4 Å². The van der Waals surface area contributed by atoms with Crippen molar-refractivity contribution in [1.29, 1.82) is 0 Å². The molecule has 74 valence electrons. The maximum atomic E-state index is 10.3. The van der Waals surface area contributed by atoms with Gasteiger partial charge in [0.25, 0.3) is 0 Å². The molecule has 0 radical (unpaired) electrons. The first kappa shape index (κ1) is 9.88. The van der Waals surface area contributed by atoms with E-state index >= 15 is 0 Å². The van der Waals surface area contributed by atoms with E-state index in [1.54, 1.807) is 7.05 Å². The van der Waals surface area contributed by atoms with Crippen molar-refractivity contribution >= 4 is 0 Å². The maximum Gasteiger partial charge on any atom is 0.0718 e. The molecule has 2 atom stereocenters. The van der Waals surface area contributed by atoms with Gasteiger partial charge in [-0.05, 0) is 12.3 Å². The summed E-state index contributed by atoms with van der Waals surface area (Å²) in [5.74, 6) is 0.376. The van der Waals surface area contributed by atoms with Gasteiger partial charge >= 0.3 is 0 Å². The van der Waals surface area contributed by atoms with Gasteiger partial charge in [-0.1, -0.05) is 6.92 Å². The number of hydrogen-bond donors (Lipinski definition) is 0. The molecule has 6 nitrogen and oxygen atoms in total. The summed E-state index contributed by atoms with van der Waals surface area (Å²) in [6.45, 7) is 3.22. The van der Waals surface area contributed by atoms with Gasteiger partial charge in [0.2, 0.25) is 0 Å². The molecule has 1 heterocycles. The van der Waals surface area contributed by atoms with Crippen LogP contribution in [0, 0.1) is 15.7 Å². The zero-order valence-electron chi connectivity index (χ0n) is 7.88. The lowest BCUT2D eigenvalue weighted by molar-refractivity contribution is 0.0770. The predicted octanol–water partition coefficient (Wildman–Crippen LogP) is 0.991. The van der Waals surface area contributed by atoms with E-state index in [1.807, 2.05) is 0 Å². The Balaban J connectivity index is 2.58. The van der Waals surface area contributed by atoms with Crippen LogP contribution in [0.15, 0.2) is 10.6 Å². The molecule has 1 rings (SSSR count). The van der Waals surface area contributed by atoms with Gasteiger partial charge < -0.3 is 0 Å². The highest BCUT2D eigenvalue weighted by atomic mass is 16.3. The van der Waals surface area contributed by atoms with Crippen molar-refractivity contribution in [3.8, 4) is 0 Å². The molecule has 1 saturated heterocycles. The van der Waals surface area contributed by atoms with Crippen molar-refractivity contribution in [3.63, 3.8) is 0 Å². The highest BCUT2D eigenvalue weighted by Crippen LogP contribution is 2.21. The fourth-order valence-corrected chi connectivity index (χ4v) is 1.65. The molecule has 0 aromatic heterocycles. The molecule has 0 aromatic carbocycles. The standard InChI is InChI=1S/C7H14N4O2/c1-6-3-4-11(9-13)5-7(6)10(2)8-12/h6-7H,3-5H2,1-2H3/t6-,7+/m1/s1. The van der Waals surface area contributed by atoms with Gasteiger partial charge in [-0.15, -0.1) is 9.81 Å². The summed E-state index contributed by atoms with van der Waals surface area (Å²) >= 11 is 0. The van der Waals surface area contributed by atoms with Gasteiger partial charge in [-0.2, -0.15) is 0 Å². The smallest absolute Gasteiger partial charge is 0.0718 e. The summed E-state index contributed by atoms with van der Waals surface area (Å²) < 4.78 is 0. The van der Waals surface area contributed by atoms with Crippen molar-refractivity contribution < 1.29 is 0 Å². The summed E-state index contributed by atoms with van der Waals surface area (Å²) in [7, 11) is 1.63. The summed E-state index contributed by atoms with van der Waals surface area (Å²) in [5.41, 5.74) is 0. The van der Waals surface area contributed by atoms with Crippen LogP contribution in [-0.2, 0) is 0 Å². The van der Waals surface area contributed by atoms with Crippen LogP contribution in [0.4, 0.5) is 0 Å². The number of likely N-dealkylation sites (N-methyl/N-ethyl adjacent to an activating group) is 1. The molecule has 0 aliphatic carbocycles. The molecule has 0 bridgehead atoms. The second-order valence-corrected chi connectivity index (χ2v) is 3.48. The lowest BCUT2D eigenvalue weighted by Crippen LogP contribution is -2.47. The molecule has 1 aliphatic heterocycles. The van der Waals surface area contributed by atoms with E-state index in [2.05, 4.69) is 17.5 Å². The summed E-state index contributed by atoms with van der Waals surface area (Å²) in [5, 5.41) is 8.51. The Morgan fingerprint density at radius 1 is 1.46 bits per heavy atom. The Bertz CT molecular complexity index is 199. The Labute approximate surface area is 76.8 Å². The van der Waals surface area contributed by atoms with Gasteiger partial charge in [0.1, 0.15) is 0 Å². The van der Waals surface area contributed by atoms with E-state index < -0.39 is 0 Å². The second kappa shape index (κ2) is 4.15. The van der Waals surface area contributed by atoms with E-state index in [9.17, 15) is 9.81 Å². The van der Waals surface area contributed by atoms with E-state index in [1.165, 1.54) is 10.0 Å². The van der Waals surface area contributed by atoms with E-state index in [4.69, 9.17) is 0 Å². The van der Waals surface area contributed by atoms with Crippen LogP contribution in [-0.4, -0.2) is 36.2 Å². The van der Waals surface area contributed by atoms with Gasteiger partial charge in [0.15, 0.2) is 0 Å². The number of nitrogens with zero attached hydrogens (tertiary/aromatic N) is 4. The van der Waals surface area contributed by atoms with Crippen LogP contribution in [0.1, 0.15) is 13.3 Å². The second-order valence-electron chi connectivity index (χ2n) is 3.48. The lowest BCUT2D eigenvalue weighted by atomic mass is 9.94. The molecule has 0 saturated carbocycles. The van der Waals surface area contributed by atoms with Crippen LogP contribution < -0.4 is 0 Å². The number of piperidine rings is 1. The number of nitroso groups, excluding NO2 is 2. The molecule has 1 aliphatic rings. The van der Waals surface area contributed by atoms with Crippen molar-refractivity contribution in [3.05, 3.63) is 9.81 Å². The third-order valence-corrected chi connectivity index (χ3v) is 2.62. The van der Waals surface area contributed by atoms with Gasteiger partial charge in [0, 0.05) is 13.6 Å². The fourth-order valence-electron chi connectivity index (χ4n) is 1.65. The van der Waals surface area contributed by atoms with Crippen molar-refractivity contribution in [1.82, 2.24) is 10.0 Å². The minimum atomic E-state index is 0.00366. The normalized spacial score (nSPS) is 28.3. The van der Waals surface area contributed by atoms with Crippen molar-refractivity contribution in [2.75, 3.05) is 20.1 Å². The first-order valence-corrected chi connectivity index (χ1v) is 4.33. The largest absolute Gasteiger partial charge is 0.259 e. The van der Waals surface area contributed by atoms with Crippen molar-refractivity contribution in [2.24, 2.45) is 16.5 Å². The average Bonchev–Trinajstić information content (AvgIpc) is 2.17. The van der Waals surface area contributed by atoms with Crippen LogP contribution >= 0.6 is 0 Å². The Morgan fingerprint density at radius 2 is 2.15 bits per heavy atom. The predicted molar refractivity (Wildman–Crippen MR) is 48.5 cm³/mol.